The maximum Gasteiger partial charge on any atom is 0.146 e. The standard InChI is InChI=1S/C14H24N4O/c1-10-4-3-5-12(9-19)18(10)8-13-15-16-14(17(13)2)11-6-7-11/h10-12,19H,3-9H2,1-2H3. The average Bonchev–Trinajstić information content (AvgIpc) is 3.18. The highest BCUT2D eigenvalue weighted by Crippen LogP contribution is 2.39. The van der Waals surface area contributed by atoms with Crippen LogP contribution >= 0.6 is 0 Å². The molecule has 1 aromatic rings. The lowest BCUT2D eigenvalue weighted by atomic mass is 9.97. The third kappa shape index (κ3) is 2.54. The van der Waals surface area contributed by atoms with Gasteiger partial charge in [-0.1, -0.05) is 6.42 Å². The molecule has 1 aliphatic carbocycles. The van der Waals surface area contributed by atoms with Gasteiger partial charge in [0.15, 0.2) is 0 Å². The van der Waals surface area contributed by atoms with Crippen molar-refractivity contribution in [3.8, 4) is 0 Å². The van der Waals surface area contributed by atoms with Crippen molar-refractivity contribution < 1.29 is 5.11 Å². The molecule has 0 amide bonds. The Morgan fingerprint density at radius 2 is 2.00 bits per heavy atom. The number of aliphatic hydroxyl groups is 1. The molecule has 0 spiro atoms. The number of aliphatic hydroxyl groups excluding tert-OH is 1. The van der Waals surface area contributed by atoms with E-state index in [1.54, 1.807) is 0 Å². The highest BCUT2D eigenvalue weighted by molar-refractivity contribution is 5.08. The number of likely N-dealkylation sites (tertiary alicyclic amines) is 1. The van der Waals surface area contributed by atoms with Gasteiger partial charge in [0.1, 0.15) is 11.6 Å². The predicted molar refractivity (Wildman–Crippen MR) is 72.7 cm³/mol. The molecular formula is C14H24N4O. The zero-order valence-corrected chi connectivity index (χ0v) is 11.9. The van der Waals surface area contributed by atoms with Crippen LogP contribution in [0, 0.1) is 0 Å². The Hall–Kier alpha value is -0.940. The van der Waals surface area contributed by atoms with Crippen LogP contribution in [0.5, 0.6) is 0 Å². The van der Waals surface area contributed by atoms with Crippen molar-refractivity contribution >= 4 is 0 Å². The van der Waals surface area contributed by atoms with Crippen molar-refractivity contribution in [2.75, 3.05) is 6.61 Å². The summed E-state index contributed by atoms with van der Waals surface area (Å²) in [6, 6.07) is 0.803. The first-order chi connectivity index (χ1) is 9.20. The van der Waals surface area contributed by atoms with E-state index in [9.17, 15) is 5.11 Å². The van der Waals surface area contributed by atoms with Gasteiger partial charge >= 0.3 is 0 Å². The number of hydrogen-bond acceptors (Lipinski definition) is 4. The van der Waals surface area contributed by atoms with Gasteiger partial charge in [0.2, 0.25) is 0 Å². The Balaban J connectivity index is 1.75. The van der Waals surface area contributed by atoms with Crippen LogP contribution < -0.4 is 0 Å². The third-order valence-corrected chi connectivity index (χ3v) is 4.67. The smallest absolute Gasteiger partial charge is 0.146 e. The molecule has 1 aliphatic heterocycles. The molecule has 0 bridgehead atoms. The molecule has 2 unspecified atom stereocenters. The number of piperidine rings is 1. The van der Waals surface area contributed by atoms with Gasteiger partial charge < -0.3 is 9.67 Å². The van der Waals surface area contributed by atoms with Gasteiger partial charge in [-0.25, -0.2) is 0 Å². The maximum atomic E-state index is 9.55. The lowest BCUT2D eigenvalue weighted by Crippen LogP contribution is -2.46. The van der Waals surface area contributed by atoms with E-state index >= 15 is 0 Å². The van der Waals surface area contributed by atoms with Crippen molar-refractivity contribution in [1.29, 1.82) is 0 Å². The summed E-state index contributed by atoms with van der Waals surface area (Å²) in [5, 5.41) is 18.3. The summed E-state index contributed by atoms with van der Waals surface area (Å²) >= 11 is 0. The topological polar surface area (TPSA) is 54.2 Å². The molecule has 2 heterocycles. The van der Waals surface area contributed by atoms with E-state index in [1.165, 1.54) is 25.7 Å². The first-order valence-corrected chi connectivity index (χ1v) is 7.45. The summed E-state index contributed by atoms with van der Waals surface area (Å²) in [4.78, 5) is 2.39. The lowest BCUT2D eigenvalue weighted by Gasteiger charge is -2.39. The molecule has 1 aromatic heterocycles. The van der Waals surface area contributed by atoms with Crippen molar-refractivity contribution in [2.45, 2.75) is 63.6 Å². The SMILES string of the molecule is CC1CCCC(CO)N1Cc1nnc(C2CC2)n1C. The van der Waals surface area contributed by atoms with Crippen LogP contribution in [0.2, 0.25) is 0 Å². The molecule has 0 aromatic carbocycles. The van der Waals surface area contributed by atoms with Crippen LogP contribution in [0.4, 0.5) is 0 Å². The normalized spacial score (nSPS) is 28.8. The third-order valence-electron chi connectivity index (χ3n) is 4.67. The minimum absolute atomic E-state index is 0.248. The van der Waals surface area contributed by atoms with Gasteiger partial charge in [-0.2, -0.15) is 0 Å². The summed E-state index contributed by atoms with van der Waals surface area (Å²) < 4.78 is 2.16. The second-order valence-corrected chi connectivity index (χ2v) is 6.10. The number of aromatic nitrogens is 3. The van der Waals surface area contributed by atoms with Crippen molar-refractivity contribution in [3.63, 3.8) is 0 Å². The number of hydrogen-bond donors (Lipinski definition) is 1. The Labute approximate surface area is 114 Å². The van der Waals surface area contributed by atoms with Gasteiger partial charge in [-0.05, 0) is 32.6 Å². The minimum atomic E-state index is 0.248. The first-order valence-electron chi connectivity index (χ1n) is 7.45. The van der Waals surface area contributed by atoms with Crippen LogP contribution in [-0.2, 0) is 13.6 Å². The molecular weight excluding hydrogens is 240 g/mol. The van der Waals surface area contributed by atoms with Crippen LogP contribution in [0.15, 0.2) is 0 Å². The fourth-order valence-electron chi connectivity index (χ4n) is 3.19. The Morgan fingerprint density at radius 1 is 1.21 bits per heavy atom. The molecule has 5 heteroatoms. The van der Waals surface area contributed by atoms with E-state index in [0.717, 1.165) is 24.6 Å². The summed E-state index contributed by atoms with van der Waals surface area (Å²) in [6.45, 7) is 3.31. The minimum Gasteiger partial charge on any atom is -0.395 e. The van der Waals surface area contributed by atoms with Gasteiger partial charge in [0.05, 0.1) is 13.2 Å². The Bertz CT molecular complexity index is 441. The molecule has 3 rings (SSSR count). The van der Waals surface area contributed by atoms with Gasteiger partial charge in [0.25, 0.3) is 0 Å². The maximum absolute atomic E-state index is 9.55. The van der Waals surface area contributed by atoms with Gasteiger partial charge in [0, 0.05) is 25.0 Å². The van der Waals surface area contributed by atoms with Gasteiger partial charge in [-0.15, -0.1) is 10.2 Å². The highest BCUT2D eigenvalue weighted by Gasteiger charge is 2.32. The summed E-state index contributed by atoms with van der Waals surface area (Å²) in [7, 11) is 2.07. The van der Waals surface area contributed by atoms with E-state index in [0.29, 0.717) is 12.0 Å². The molecule has 2 atom stereocenters. The fraction of sp³-hybridized carbons (Fsp3) is 0.857. The van der Waals surface area contributed by atoms with Crippen LogP contribution in [0.25, 0.3) is 0 Å². The van der Waals surface area contributed by atoms with Crippen molar-refractivity contribution in [3.05, 3.63) is 11.6 Å². The zero-order valence-electron chi connectivity index (χ0n) is 11.9. The molecule has 2 aliphatic rings. The van der Waals surface area contributed by atoms with Crippen LogP contribution in [0.3, 0.4) is 0 Å². The summed E-state index contributed by atoms with van der Waals surface area (Å²) in [6.07, 6.45) is 6.03. The molecule has 1 saturated carbocycles. The molecule has 19 heavy (non-hydrogen) atoms. The second kappa shape index (κ2) is 5.21. The van der Waals surface area contributed by atoms with Crippen molar-refractivity contribution in [2.24, 2.45) is 7.05 Å². The quantitative estimate of drug-likeness (QED) is 0.894. The Morgan fingerprint density at radius 3 is 2.68 bits per heavy atom. The molecule has 2 fully saturated rings. The number of nitrogens with zero attached hydrogens (tertiary/aromatic N) is 4. The second-order valence-electron chi connectivity index (χ2n) is 6.10. The zero-order chi connectivity index (χ0) is 13.4. The molecule has 106 valence electrons. The predicted octanol–water partition coefficient (Wildman–Crippen LogP) is 1.43. The number of rotatable bonds is 4. The molecule has 5 nitrogen and oxygen atoms in total. The van der Waals surface area contributed by atoms with Crippen LogP contribution in [0.1, 0.15) is 56.6 Å². The summed E-state index contributed by atoms with van der Waals surface area (Å²) in [5.74, 6) is 2.81. The lowest BCUT2D eigenvalue weighted by molar-refractivity contribution is 0.0423. The van der Waals surface area contributed by atoms with E-state index in [2.05, 4.69) is 33.6 Å². The monoisotopic (exact) mass is 264 g/mol. The highest BCUT2D eigenvalue weighted by atomic mass is 16.3. The van der Waals surface area contributed by atoms with E-state index in [4.69, 9.17) is 0 Å². The van der Waals surface area contributed by atoms with Gasteiger partial charge in [-0.3, -0.25) is 4.90 Å². The van der Waals surface area contributed by atoms with Crippen molar-refractivity contribution in [1.82, 2.24) is 19.7 Å². The largest absolute Gasteiger partial charge is 0.395 e. The van der Waals surface area contributed by atoms with Crippen LogP contribution in [-0.4, -0.2) is 43.5 Å². The fourth-order valence-corrected chi connectivity index (χ4v) is 3.19. The molecule has 1 saturated heterocycles. The molecule has 1 N–H and O–H groups in total. The van der Waals surface area contributed by atoms with E-state index in [1.807, 2.05) is 0 Å². The first kappa shape index (κ1) is 13.1. The van der Waals surface area contributed by atoms with E-state index in [-0.39, 0.29) is 12.6 Å². The summed E-state index contributed by atoms with van der Waals surface area (Å²) in [5.41, 5.74) is 0. The van der Waals surface area contributed by atoms with E-state index < -0.39 is 0 Å². The molecule has 0 radical (unpaired) electrons. The Kier molecular flexibility index (Phi) is 3.58. The average molecular weight is 264 g/mol.